The number of methoxy groups -OCH3 is 1. The SMILES string of the molecule is COC(=O)/C(CSc1ccccc1)=C1\CN2C(=O)CC2O1. The fourth-order valence-electron chi connectivity index (χ4n) is 2.29. The van der Waals surface area contributed by atoms with Gasteiger partial charge < -0.3 is 9.47 Å². The van der Waals surface area contributed by atoms with Crippen LogP contribution in [0.25, 0.3) is 0 Å². The van der Waals surface area contributed by atoms with Gasteiger partial charge in [0.2, 0.25) is 5.91 Å². The Morgan fingerprint density at radius 2 is 2.19 bits per heavy atom. The van der Waals surface area contributed by atoms with Gasteiger partial charge in [-0.15, -0.1) is 11.8 Å². The summed E-state index contributed by atoms with van der Waals surface area (Å²) < 4.78 is 10.5. The fraction of sp³-hybridized carbons (Fsp3) is 0.333. The van der Waals surface area contributed by atoms with E-state index in [1.165, 1.54) is 7.11 Å². The first-order valence-corrected chi connectivity index (χ1v) is 7.62. The van der Waals surface area contributed by atoms with Crippen molar-refractivity contribution in [2.45, 2.75) is 17.5 Å². The standard InChI is InChI=1S/C15H15NO4S/c1-19-15(18)11(9-21-10-5-3-2-4-6-10)12-8-16-13(17)7-14(16)20-12/h2-6,14H,7-9H2,1H3/b12-11+. The van der Waals surface area contributed by atoms with Crippen LogP contribution in [0.15, 0.2) is 46.6 Å². The van der Waals surface area contributed by atoms with Crippen molar-refractivity contribution in [3.05, 3.63) is 41.7 Å². The molecule has 0 bridgehead atoms. The van der Waals surface area contributed by atoms with E-state index in [4.69, 9.17) is 9.47 Å². The van der Waals surface area contributed by atoms with Crippen molar-refractivity contribution in [3.8, 4) is 0 Å². The maximum absolute atomic E-state index is 12.0. The Morgan fingerprint density at radius 1 is 1.43 bits per heavy atom. The van der Waals surface area contributed by atoms with Gasteiger partial charge in [0.05, 0.1) is 25.6 Å². The van der Waals surface area contributed by atoms with Crippen molar-refractivity contribution in [1.82, 2.24) is 4.90 Å². The second kappa shape index (κ2) is 5.81. The van der Waals surface area contributed by atoms with Gasteiger partial charge in [0.1, 0.15) is 5.76 Å². The first-order chi connectivity index (χ1) is 10.2. The molecule has 0 aliphatic carbocycles. The van der Waals surface area contributed by atoms with Crippen LogP contribution in [0.3, 0.4) is 0 Å². The summed E-state index contributed by atoms with van der Waals surface area (Å²) in [6.07, 6.45) is 0.193. The highest BCUT2D eigenvalue weighted by Gasteiger charge is 2.45. The molecule has 110 valence electrons. The quantitative estimate of drug-likeness (QED) is 0.367. The van der Waals surface area contributed by atoms with E-state index in [1.54, 1.807) is 16.7 Å². The molecule has 0 aromatic heterocycles. The number of carbonyl (C=O) groups excluding carboxylic acids is 2. The maximum Gasteiger partial charge on any atom is 0.338 e. The van der Waals surface area contributed by atoms with Gasteiger partial charge in [0, 0.05) is 10.6 Å². The number of thioether (sulfide) groups is 1. The van der Waals surface area contributed by atoms with E-state index in [1.807, 2.05) is 30.3 Å². The van der Waals surface area contributed by atoms with E-state index in [-0.39, 0.29) is 12.1 Å². The molecule has 2 aliphatic rings. The van der Waals surface area contributed by atoms with Crippen LogP contribution in [0, 0.1) is 0 Å². The summed E-state index contributed by atoms with van der Waals surface area (Å²) in [5.74, 6) is 0.681. The monoisotopic (exact) mass is 305 g/mol. The molecule has 0 N–H and O–H groups in total. The second-order valence-corrected chi connectivity index (χ2v) is 5.84. The molecular formula is C15H15NO4S. The Morgan fingerprint density at radius 3 is 2.81 bits per heavy atom. The van der Waals surface area contributed by atoms with Gasteiger partial charge in [0.25, 0.3) is 0 Å². The van der Waals surface area contributed by atoms with Gasteiger partial charge in [-0.3, -0.25) is 9.69 Å². The summed E-state index contributed by atoms with van der Waals surface area (Å²) in [4.78, 5) is 26.1. The molecule has 1 aromatic rings. The zero-order valence-corrected chi connectivity index (χ0v) is 12.4. The minimum atomic E-state index is -0.400. The average molecular weight is 305 g/mol. The van der Waals surface area contributed by atoms with Crippen LogP contribution < -0.4 is 0 Å². The maximum atomic E-state index is 12.0. The van der Waals surface area contributed by atoms with Crippen molar-refractivity contribution in [1.29, 1.82) is 0 Å². The lowest BCUT2D eigenvalue weighted by molar-refractivity contribution is -0.154. The largest absolute Gasteiger partial charge is 0.472 e. The van der Waals surface area contributed by atoms with E-state index in [0.717, 1.165) is 4.90 Å². The van der Waals surface area contributed by atoms with E-state index in [9.17, 15) is 9.59 Å². The Bertz CT molecular complexity index is 599. The minimum Gasteiger partial charge on any atom is -0.472 e. The third kappa shape index (κ3) is 2.76. The van der Waals surface area contributed by atoms with E-state index in [2.05, 4.69) is 0 Å². The predicted molar refractivity (Wildman–Crippen MR) is 77.4 cm³/mol. The number of fused-ring (bicyclic) bond motifs is 1. The van der Waals surface area contributed by atoms with Crippen LogP contribution in [-0.4, -0.2) is 42.4 Å². The molecule has 5 nitrogen and oxygen atoms in total. The van der Waals surface area contributed by atoms with Crippen molar-refractivity contribution >= 4 is 23.6 Å². The Hall–Kier alpha value is -1.95. The van der Waals surface area contributed by atoms with Crippen LogP contribution in [-0.2, 0) is 19.1 Å². The Labute approximate surface area is 126 Å². The molecule has 1 amide bonds. The number of β-lactam (4-membered cyclic amide) rings is 1. The third-order valence-corrected chi connectivity index (χ3v) is 4.54. The molecule has 1 atom stereocenters. The lowest BCUT2D eigenvalue weighted by Gasteiger charge is -2.30. The summed E-state index contributed by atoms with van der Waals surface area (Å²) in [7, 11) is 1.35. The third-order valence-electron chi connectivity index (χ3n) is 3.50. The van der Waals surface area contributed by atoms with Gasteiger partial charge in [-0.1, -0.05) is 18.2 Å². The smallest absolute Gasteiger partial charge is 0.338 e. The van der Waals surface area contributed by atoms with Gasteiger partial charge in [-0.2, -0.15) is 0 Å². The van der Waals surface area contributed by atoms with Crippen molar-refractivity contribution in [2.24, 2.45) is 0 Å². The molecule has 0 saturated carbocycles. The van der Waals surface area contributed by atoms with Crippen molar-refractivity contribution in [2.75, 3.05) is 19.4 Å². The molecule has 3 rings (SSSR count). The topological polar surface area (TPSA) is 55.8 Å². The molecule has 2 heterocycles. The zero-order valence-electron chi connectivity index (χ0n) is 11.6. The van der Waals surface area contributed by atoms with E-state index in [0.29, 0.717) is 30.1 Å². The van der Waals surface area contributed by atoms with Gasteiger partial charge in [0.15, 0.2) is 6.23 Å². The summed E-state index contributed by atoms with van der Waals surface area (Å²) in [5, 5.41) is 0. The van der Waals surface area contributed by atoms with Crippen LogP contribution in [0.1, 0.15) is 6.42 Å². The van der Waals surface area contributed by atoms with Crippen LogP contribution in [0.2, 0.25) is 0 Å². The van der Waals surface area contributed by atoms with Gasteiger partial charge in [-0.25, -0.2) is 4.79 Å². The first-order valence-electron chi connectivity index (χ1n) is 6.63. The summed E-state index contributed by atoms with van der Waals surface area (Å²) >= 11 is 1.54. The molecule has 1 unspecified atom stereocenters. The lowest BCUT2D eigenvalue weighted by Crippen LogP contribution is -2.48. The number of rotatable bonds is 4. The van der Waals surface area contributed by atoms with Crippen molar-refractivity contribution < 1.29 is 19.1 Å². The highest BCUT2D eigenvalue weighted by molar-refractivity contribution is 7.99. The molecule has 1 aromatic carbocycles. The number of nitrogens with zero attached hydrogens (tertiary/aromatic N) is 1. The highest BCUT2D eigenvalue weighted by Crippen LogP contribution is 2.33. The molecule has 6 heteroatoms. The van der Waals surface area contributed by atoms with Crippen LogP contribution in [0.5, 0.6) is 0 Å². The molecule has 0 radical (unpaired) electrons. The number of ether oxygens (including phenoxy) is 2. The Kier molecular flexibility index (Phi) is 3.88. The van der Waals surface area contributed by atoms with E-state index < -0.39 is 5.97 Å². The molecule has 0 spiro atoms. The summed E-state index contributed by atoms with van der Waals surface area (Å²) in [6.45, 7) is 0.364. The Balaban J connectivity index is 1.75. The molecule has 2 aliphatic heterocycles. The predicted octanol–water partition coefficient (Wildman–Crippen LogP) is 1.79. The second-order valence-electron chi connectivity index (χ2n) is 4.79. The summed E-state index contributed by atoms with van der Waals surface area (Å²) in [6, 6.07) is 9.81. The first kappa shape index (κ1) is 14.0. The fourth-order valence-corrected chi connectivity index (χ4v) is 3.23. The lowest BCUT2D eigenvalue weighted by atomic mass is 10.2. The van der Waals surface area contributed by atoms with E-state index >= 15 is 0 Å². The number of hydrogen-bond donors (Lipinski definition) is 0. The molecule has 2 fully saturated rings. The highest BCUT2D eigenvalue weighted by atomic mass is 32.2. The number of amides is 1. The number of benzene rings is 1. The minimum absolute atomic E-state index is 0.0647. The number of carbonyl (C=O) groups is 2. The van der Waals surface area contributed by atoms with Gasteiger partial charge >= 0.3 is 5.97 Å². The molecular weight excluding hydrogens is 290 g/mol. The summed E-state index contributed by atoms with van der Waals surface area (Å²) in [5.41, 5.74) is 0.494. The zero-order chi connectivity index (χ0) is 14.8. The average Bonchev–Trinajstić information content (AvgIpc) is 2.85. The molecule has 2 saturated heterocycles. The number of esters is 1. The molecule has 21 heavy (non-hydrogen) atoms. The normalized spacial score (nSPS) is 22.2. The van der Waals surface area contributed by atoms with Crippen molar-refractivity contribution in [3.63, 3.8) is 0 Å². The van der Waals surface area contributed by atoms with Crippen LogP contribution >= 0.6 is 11.8 Å². The van der Waals surface area contributed by atoms with Gasteiger partial charge in [-0.05, 0) is 12.1 Å². The number of hydrogen-bond acceptors (Lipinski definition) is 5. The van der Waals surface area contributed by atoms with Crippen LogP contribution in [0.4, 0.5) is 0 Å².